The average molecular weight is 557 g/mol. The zero-order chi connectivity index (χ0) is 24.3. The van der Waals surface area contributed by atoms with Gasteiger partial charge >= 0.3 is 0 Å². The number of likely N-dealkylation sites (N-methyl/N-ethyl adjacent to an activating group) is 2. The highest BCUT2D eigenvalue weighted by atomic mass is 35.5. The maximum Gasteiger partial charge on any atom is 0.283 e. The van der Waals surface area contributed by atoms with E-state index in [-0.39, 0.29) is 20.2 Å². The first-order chi connectivity index (χ1) is 15.5. The number of nitrogens with zero attached hydrogens (tertiary/aromatic N) is 3. The SMILES string of the molecule is CNCCN(C)c1cc(F)ccc1Nc1cc(F)c(S(=O)(=O)N(Cl)c2ncc(Cl)s2)cc1Cl. The van der Waals surface area contributed by atoms with E-state index in [4.69, 9.17) is 35.0 Å². The summed E-state index contributed by atoms with van der Waals surface area (Å²) in [5, 5.41) is 5.70. The Morgan fingerprint density at radius 3 is 2.52 bits per heavy atom. The Morgan fingerprint density at radius 2 is 1.88 bits per heavy atom. The molecule has 0 bridgehead atoms. The predicted octanol–water partition coefficient (Wildman–Crippen LogP) is 5.48. The Morgan fingerprint density at radius 1 is 1.15 bits per heavy atom. The number of hydrogen-bond donors (Lipinski definition) is 2. The van der Waals surface area contributed by atoms with Gasteiger partial charge in [-0.3, -0.25) is 0 Å². The lowest BCUT2D eigenvalue weighted by Crippen LogP contribution is -2.27. The van der Waals surface area contributed by atoms with Crippen LogP contribution in [0.15, 0.2) is 41.4 Å². The third-order valence-corrected chi connectivity index (χ3v) is 8.26. The number of rotatable bonds is 9. The van der Waals surface area contributed by atoms with Crippen molar-refractivity contribution in [2.75, 3.05) is 41.2 Å². The van der Waals surface area contributed by atoms with Crippen LogP contribution in [0.1, 0.15) is 0 Å². The highest BCUT2D eigenvalue weighted by Gasteiger charge is 2.30. The summed E-state index contributed by atoms with van der Waals surface area (Å²) in [6.45, 7) is 1.22. The van der Waals surface area contributed by atoms with E-state index in [1.54, 1.807) is 19.0 Å². The smallest absolute Gasteiger partial charge is 0.283 e. The molecule has 1 aromatic heterocycles. The minimum absolute atomic E-state index is 0.0846. The molecule has 0 saturated heterocycles. The summed E-state index contributed by atoms with van der Waals surface area (Å²) in [7, 11) is -0.957. The minimum Gasteiger partial charge on any atom is -0.372 e. The average Bonchev–Trinajstić information content (AvgIpc) is 3.20. The standard InChI is InChI=1S/C19H18Cl3F2N5O2S2/c1-25-5-6-28(2)16-7-11(23)3-4-14(16)27-15-9-13(24)17(8-12(15)20)33(30,31)29(22)19-26-10-18(21)32-19/h3-4,7-10,25,27H,5-6H2,1-2H3. The van der Waals surface area contributed by atoms with Crippen LogP contribution in [0.4, 0.5) is 31.0 Å². The van der Waals surface area contributed by atoms with E-state index >= 15 is 0 Å². The summed E-state index contributed by atoms with van der Waals surface area (Å²) >= 11 is 18.8. The third kappa shape index (κ3) is 5.79. The predicted molar refractivity (Wildman–Crippen MR) is 131 cm³/mol. The van der Waals surface area contributed by atoms with Crippen LogP contribution in [0, 0.1) is 11.6 Å². The van der Waals surface area contributed by atoms with Crippen molar-refractivity contribution in [1.29, 1.82) is 0 Å². The highest BCUT2D eigenvalue weighted by molar-refractivity contribution is 7.94. The van der Waals surface area contributed by atoms with Crippen LogP contribution in [0.5, 0.6) is 0 Å². The van der Waals surface area contributed by atoms with E-state index in [1.807, 2.05) is 0 Å². The first-order valence-corrected chi connectivity index (χ1v) is 12.6. The molecule has 0 atom stereocenters. The van der Waals surface area contributed by atoms with Crippen molar-refractivity contribution in [2.45, 2.75) is 4.90 Å². The summed E-state index contributed by atoms with van der Waals surface area (Å²) < 4.78 is 54.9. The number of nitrogens with one attached hydrogen (secondary N) is 2. The Kier molecular flexibility index (Phi) is 8.25. The number of anilines is 4. The summed E-state index contributed by atoms with van der Waals surface area (Å²) in [6.07, 6.45) is 1.22. The summed E-state index contributed by atoms with van der Waals surface area (Å²) in [4.78, 5) is 4.84. The van der Waals surface area contributed by atoms with Gasteiger partial charge in [0.2, 0.25) is 5.13 Å². The van der Waals surface area contributed by atoms with Gasteiger partial charge in [-0.15, -0.1) is 3.82 Å². The fourth-order valence-corrected chi connectivity index (χ4v) is 5.57. The topological polar surface area (TPSA) is 77.6 Å². The quantitative estimate of drug-likeness (QED) is 0.340. The minimum atomic E-state index is -4.52. The first-order valence-electron chi connectivity index (χ1n) is 9.28. The van der Waals surface area contributed by atoms with Gasteiger partial charge in [0.05, 0.1) is 28.3 Å². The lowest BCUT2D eigenvalue weighted by atomic mass is 10.2. The second kappa shape index (κ2) is 10.6. The second-order valence-electron chi connectivity index (χ2n) is 6.74. The Hall–Kier alpha value is -1.89. The fraction of sp³-hybridized carbons (Fsp3) is 0.211. The molecule has 0 saturated carbocycles. The van der Waals surface area contributed by atoms with Crippen molar-refractivity contribution in [3.05, 3.63) is 57.5 Å². The molecule has 0 fully saturated rings. The molecule has 14 heteroatoms. The van der Waals surface area contributed by atoms with Gasteiger partial charge in [-0.05, 0) is 31.3 Å². The van der Waals surface area contributed by atoms with Crippen LogP contribution < -0.4 is 19.4 Å². The zero-order valence-corrected chi connectivity index (χ0v) is 21.1. The fourth-order valence-electron chi connectivity index (χ4n) is 2.81. The monoisotopic (exact) mass is 555 g/mol. The van der Waals surface area contributed by atoms with Crippen LogP contribution in [0.3, 0.4) is 0 Å². The molecule has 0 amide bonds. The van der Waals surface area contributed by atoms with E-state index in [1.165, 1.54) is 24.4 Å². The van der Waals surface area contributed by atoms with Crippen molar-refractivity contribution in [3.63, 3.8) is 0 Å². The molecule has 0 radical (unpaired) electrons. The van der Waals surface area contributed by atoms with Crippen molar-refractivity contribution in [2.24, 2.45) is 0 Å². The normalized spacial score (nSPS) is 11.5. The molecule has 7 nitrogen and oxygen atoms in total. The van der Waals surface area contributed by atoms with Crippen molar-refractivity contribution < 1.29 is 17.2 Å². The van der Waals surface area contributed by atoms with E-state index in [0.29, 0.717) is 28.3 Å². The lowest BCUT2D eigenvalue weighted by molar-refractivity contribution is 0.568. The number of benzene rings is 2. The van der Waals surface area contributed by atoms with Gasteiger partial charge < -0.3 is 15.5 Å². The van der Waals surface area contributed by atoms with Crippen LogP contribution in [0.25, 0.3) is 0 Å². The third-order valence-electron chi connectivity index (χ3n) is 4.46. The van der Waals surface area contributed by atoms with Crippen LogP contribution in [-0.4, -0.2) is 40.6 Å². The molecule has 178 valence electrons. The number of sulfonamides is 1. The zero-order valence-electron chi connectivity index (χ0n) is 17.2. The molecular formula is C19H18Cl3F2N5O2S2. The number of halogens is 5. The molecule has 0 spiro atoms. The van der Waals surface area contributed by atoms with Gasteiger partial charge in [-0.2, -0.15) is 8.42 Å². The van der Waals surface area contributed by atoms with Crippen LogP contribution >= 0.6 is 46.3 Å². The van der Waals surface area contributed by atoms with Gasteiger partial charge in [0.1, 0.15) is 20.9 Å². The molecule has 2 aromatic carbocycles. The highest BCUT2D eigenvalue weighted by Crippen LogP contribution is 2.37. The van der Waals surface area contributed by atoms with E-state index in [2.05, 4.69) is 15.6 Å². The summed E-state index contributed by atoms with van der Waals surface area (Å²) in [5.41, 5.74) is 1.04. The molecule has 1 heterocycles. The molecule has 33 heavy (non-hydrogen) atoms. The molecule has 0 aliphatic rings. The van der Waals surface area contributed by atoms with Crippen molar-refractivity contribution >= 4 is 78.5 Å². The maximum atomic E-state index is 14.9. The molecule has 2 N–H and O–H groups in total. The summed E-state index contributed by atoms with van der Waals surface area (Å²) in [6, 6.07) is 5.91. The van der Waals surface area contributed by atoms with E-state index < -0.39 is 26.6 Å². The van der Waals surface area contributed by atoms with Gasteiger partial charge in [0, 0.05) is 38.0 Å². The van der Waals surface area contributed by atoms with Crippen LogP contribution in [-0.2, 0) is 10.0 Å². The number of thiazole rings is 1. The second-order valence-corrected chi connectivity index (χ2v) is 11.1. The molecule has 0 aliphatic heterocycles. The Bertz CT molecular complexity index is 1260. The largest absolute Gasteiger partial charge is 0.372 e. The first kappa shape index (κ1) is 25.7. The summed E-state index contributed by atoms with van der Waals surface area (Å²) in [5.74, 6) is -1.54. The number of aromatic nitrogens is 1. The lowest BCUT2D eigenvalue weighted by Gasteiger charge is -2.23. The van der Waals surface area contributed by atoms with Gasteiger partial charge in [-0.1, -0.05) is 34.5 Å². The van der Waals surface area contributed by atoms with Crippen molar-refractivity contribution in [3.8, 4) is 0 Å². The van der Waals surface area contributed by atoms with Crippen LogP contribution in [0.2, 0.25) is 9.36 Å². The van der Waals surface area contributed by atoms with E-state index in [9.17, 15) is 17.2 Å². The van der Waals surface area contributed by atoms with Gasteiger partial charge in [-0.25, -0.2) is 13.8 Å². The molecule has 3 rings (SSSR count). The van der Waals surface area contributed by atoms with Gasteiger partial charge in [0.15, 0.2) is 0 Å². The van der Waals surface area contributed by atoms with Gasteiger partial charge in [0.25, 0.3) is 10.0 Å². The Balaban J connectivity index is 1.95. The molecular weight excluding hydrogens is 539 g/mol. The van der Waals surface area contributed by atoms with E-state index in [0.717, 1.165) is 23.5 Å². The molecule has 0 unspecified atom stereocenters. The Labute approximate surface area is 209 Å². The van der Waals surface area contributed by atoms with Crippen molar-refractivity contribution in [1.82, 2.24) is 10.3 Å². The number of hydrogen-bond acceptors (Lipinski definition) is 7. The molecule has 0 aliphatic carbocycles. The molecule has 3 aromatic rings. The maximum absolute atomic E-state index is 14.9.